The summed E-state index contributed by atoms with van der Waals surface area (Å²) in [5.41, 5.74) is 2.15. The van der Waals surface area contributed by atoms with Gasteiger partial charge in [-0.3, -0.25) is 4.79 Å². The van der Waals surface area contributed by atoms with Crippen LogP contribution in [0.3, 0.4) is 0 Å². The van der Waals surface area contributed by atoms with Gasteiger partial charge in [0.1, 0.15) is 5.75 Å². The lowest BCUT2D eigenvalue weighted by Crippen LogP contribution is -2.39. The predicted molar refractivity (Wildman–Crippen MR) is 110 cm³/mol. The number of thiophene rings is 1. The van der Waals surface area contributed by atoms with E-state index in [9.17, 15) is 4.79 Å². The van der Waals surface area contributed by atoms with E-state index >= 15 is 0 Å². The molecule has 0 N–H and O–H groups in total. The first-order chi connectivity index (χ1) is 13.3. The van der Waals surface area contributed by atoms with Crippen LogP contribution in [0.1, 0.15) is 22.5 Å². The van der Waals surface area contributed by atoms with Gasteiger partial charge in [-0.25, -0.2) is 0 Å². The Bertz CT molecular complexity index is 868. The van der Waals surface area contributed by atoms with Gasteiger partial charge in [0, 0.05) is 18.7 Å². The van der Waals surface area contributed by atoms with Crippen molar-refractivity contribution in [3.05, 3.63) is 77.0 Å². The summed E-state index contributed by atoms with van der Waals surface area (Å²) in [6.07, 6.45) is 1.98. The maximum atomic E-state index is 13.0. The largest absolute Gasteiger partial charge is 0.493 e. The van der Waals surface area contributed by atoms with Crippen LogP contribution in [0.4, 0.5) is 0 Å². The van der Waals surface area contributed by atoms with Crippen molar-refractivity contribution >= 4 is 17.2 Å². The summed E-state index contributed by atoms with van der Waals surface area (Å²) in [7, 11) is 0. The summed E-state index contributed by atoms with van der Waals surface area (Å²) < 4.78 is 5.89. The number of amides is 1. The lowest BCUT2D eigenvalue weighted by Gasteiger charge is -2.32. The number of hydrogen-bond donors (Lipinski definition) is 0. The van der Waals surface area contributed by atoms with Gasteiger partial charge in [0.2, 0.25) is 0 Å². The van der Waals surface area contributed by atoms with Crippen LogP contribution in [-0.4, -0.2) is 30.5 Å². The Morgan fingerprint density at radius 1 is 0.963 bits per heavy atom. The first kappa shape index (κ1) is 17.8. The first-order valence-corrected chi connectivity index (χ1v) is 10.3. The molecule has 2 heterocycles. The highest BCUT2D eigenvalue weighted by Gasteiger charge is 2.26. The third kappa shape index (κ3) is 4.22. The van der Waals surface area contributed by atoms with E-state index in [0.717, 1.165) is 54.3 Å². The molecule has 27 heavy (non-hydrogen) atoms. The molecule has 4 heteroatoms. The second-order valence-electron chi connectivity index (χ2n) is 6.89. The minimum Gasteiger partial charge on any atom is -0.493 e. The number of carbonyl (C=O) groups is 1. The van der Waals surface area contributed by atoms with Crippen LogP contribution in [0.5, 0.6) is 5.75 Å². The van der Waals surface area contributed by atoms with Gasteiger partial charge in [0.25, 0.3) is 5.91 Å². The number of nitrogens with zero attached hydrogens (tertiary/aromatic N) is 1. The van der Waals surface area contributed by atoms with Gasteiger partial charge in [-0.1, -0.05) is 48.5 Å². The molecule has 1 aromatic heterocycles. The fraction of sp³-hybridized carbons (Fsp3) is 0.261. The maximum absolute atomic E-state index is 13.0. The highest BCUT2D eigenvalue weighted by molar-refractivity contribution is 7.12. The molecule has 0 atom stereocenters. The zero-order chi connectivity index (χ0) is 18.5. The van der Waals surface area contributed by atoms with E-state index in [-0.39, 0.29) is 5.91 Å². The quantitative estimate of drug-likeness (QED) is 0.600. The predicted octanol–water partition coefficient (Wildman–Crippen LogP) is 5.35. The lowest BCUT2D eigenvalue weighted by molar-refractivity contribution is 0.0666. The molecule has 1 aliphatic rings. The number of hydrogen-bond acceptors (Lipinski definition) is 3. The molecule has 0 unspecified atom stereocenters. The highest BCUT2D eigenvalue weighted by Crippen LogP contribution is 2.30. The second kappa shape index (κ2) is 8.40. The van der Waals surface area contributed by atoms with Gasteiger partial charge in [0.15, 0.2) is 0 Å². The number of carbonyl (C=O) groups excluding carboxylic acids is 1. The average Bonchev–Trinajstić information content (AvgIpc) is 3.23. The van der Waals surface area contributed by atoms with Crippen LogP contribution in [0.2, 0.25) is 0 Å². The fourth-order valence-electron chi connectivity index (χ4n) is 3.50. The van der Waals surface area contributed by atoms with Crippen molar-refractivity contribution in [2.45, 2.75) is 12.8 Å². The molecule has 3 nitrogen and oxygen atoms in total. The van der Waals surface area contributed by atoms with Crippen LogP contribution < -0.4 is 4.74 Å². The molecule has 0 aliphatic carbocycles. The Balaban J connectivity index is 1.35. The molecule has 0 radical (unpaired) electrons. The Morgan fingerprint density at radius 2 is 1.63 bits per heavy atom. The number of rotatable bonds is 5. The van der Waals surface area contributed by atoms with Crippen molar-refractivity contribution in [2.24, 2.45) is 5.92 Å². The molecule has 2 aromatic carbocycles. The number of para-hydroxylation sites is 1. The monoisotopic (exact) mass is 377 g/mol. The number of ether oxygens (including phenoxy) is 1. The normalized spacial score (nSPS) is 14.9. The van der Waals surface area contributed by atoms with E-state index in [0.29, 0.717) is 5.92 Å². The van der Waals surface area contributed by atoms with E-state index in [1.165, 1.54) is 11.3 Å². The Kier molecular flexibility index (Phi) is 5.54. The van der Waals surface area contributed by atoms with Crippen molar-refractivity contribution in [1.82, 2.24) is 4.90 Å². The number of benzene rings is 2. The van der Waals surface area contributed by atoms with Crippen LogP contribution in [0.25, 0.3) is 11.1 Å². The van der Waals surface area contributed by atoms with Crippen LogP contribution in [0.15, 0.2) is 72.1 Å². The summed E-state index contributed by atoms with van der Waals surface area (Å²) in [5.74, 6) is 1.58. The minimum absolute atomic E-state index is 0.159. The van der Waals surface area contributed by atoms with Crippen molar-refractivity contribution in [3.8, 4) is 16.9 Å². The summed E-state index contributed by atoms with van der Waals surface area (Å²) in [6.45, 7) is 2.32. The molecule has 0 saturated carbocycles. The highest BCUT2D eigenvalue weighted by atomic mass is 32.1. The van der Waals surface area contributed by atoms with Crippen LogP contribution in [-0.2, 0) is 0 Å². The zero-order valence-electron chi connectivity index (χ0n) is 15.2. The van der Waals surface area contributed by atoms with E-state index in [1.54, 1.807) is 0 Å². The van der Waals surface area contributed by atoms with Crippen molar-refractivity contribution in [3.63, 3.8) is 0 Å². The summed E-state index contributed by atoms with van der Waals surface area (Å²) in [5, 5.41) is 2.01. The number of likely N-dealkylation sites (tertiary alicyclic amines) is 1. The molecular formula is C23H23NO2S. The van der Waals surface area contributed by atoms with Gasteiger partial charge in [-0.05, 0) is 47.9 Å². The number of piperidine rings is 1. The van der Waals surface area contributed by atoms with Gasteiger partial charge >= 0.3 is 0 Å². The Hall–Kier alpha value is -2.59. The van der Waals surface area contributed by atoms with E-state index in [4.69, 9.17) is 4.74 Å². The molecule has 3 aromatic rings. The zero-order valence-corrected chi connectivity index (χ0v) is 16.0. The molecule has 1 amide bonds. The molecule has 0 bridgehead atoms. The average molecular weight is 378 g/mol. The summed E-state index contributed by atoms with van der Waals surface area (Å²) >= 11 is 1.54. The van der Waals surface area contributed by atoms with E-state index in [1.807, 2.05) is 64.9 Å². The third-order valence-corrected chi connectivity index (χ3v) is 5.98. The molecular weight excluding hydrogens is 354 g/mol. The van der Waals surface area contributed by atoms with Gasteiger partial charge in [-0.2, -0.15) is 0 Å². The molecule has 1 saturated heterocycles. The standard InChI is InChI=1S/C23H23NO2S/c25-23(22-21(13-16-27-22)19-7-3-1-4-8-19)24-14-11-18(12-15-24)17-26-20-9-5-2-6-10-20/h1-10,13,16,18H,11-12,14-15,17H2. The topological polar surface area (TPSA) is 29.5 Å². The van der Waals surface area contributed by atoms with Crippen LogP contribution in [0, 0.1) is 5.92 Å². The van der Waals surface area contributed by atoms with Crippen LogP contribution >= 0.6 is 11.3 Å². The Labute approximate surface area is 164 Å². The fourth-order valence-corrected chi connectivity index (χ4v) is 4.38. The minimum atomic E-state index is 0.159. The van der Waals surface area contributed by atoms with E-state index < -0.39 is 0 Å². The molecule has 1 fully saturated rings. The molecule has 4 rings (SSSR count). The third-order valence-electron chi connectivity index (χ3n) is 5.07. The van der Waals surface area contributed by atoms with Gasteiger partial charge in [0.05, 0.1) is 11.5 Å². The summed E-state index contributed by atoms with van der Waals surface area (Å²) in [4.78, 5) is 15.9. The molecule has 0 spiro atoms. The molecule has 138 valence electrons. The van der Waals surface area contributed by atoms with Crippen molar-refractivity contribution in [2.75, 3.05) is 19.7 Å². The summed E-state index contributed by atoms with van der Waals surface area (Å²) in [6, 6.07) is 22.1. The van der Waals surface area contributed by atoms with Crippen molar-refractivity contribution < 1.29 is 9.53 Å². The second-order valence-corrected chi connectivity index (χ2v) is 7.81. The maximum Gasteiger partial charge on any atom is 0.264 e. The van der Waals surface area contributed by atoms with E-state index in [2.05, 4.69) is 12.1 Å². The smallest absolute Gasteiger partial charge is 0.264 e. The lowest BCUT2D eigenvalue weighted by atomic mass is 9.97. The SMILES string of the molecule is O=C(c1sccc1-c1ccccc1)N1CCC(COc2ccccc2)CC1. The van der Waals surface area contributed by atoms with Crippen molar-refractivity contribution in [1.29, 1.82) is 0 Å². The molecule has 1 aliphatic heterocycles. The first-order valence-electron chi connectivity index (χ1n) is 9.41. The Morgan fingerprint density at radius 3 is 2.33 bits per heavy atom. The van der Waals surface area contributed by atoms with Gasteiger partial charge in [-0.15, -0.1) is 11.3 Å². The van der Waals surface area contributed by atoms with Gasteiger partial charge < -0.3 is 9.64 Å².